The van der Waals surface area contributed by atoms with Gasteiger partial charge in [0, 0.05) is 0 Å². The number of imide groups is 1. The summed E-state index contributed by atoms with van der Waals surface area (Å²) in [5, 5.41) is 0. The molecule has 2 fully saturated rings. The van der Waals surface area contributed by atoms with E-state index < -0.39 is 0 Å². The lowest BCUT2D eigenvalue weighted by molar-refractivity contribution is -0.124. The predicted molar refractivity (Wildman–Crippen MR) is 74.9 cm³/mol. The van der Waals surface area contributed by atoms with Crippen molar-refractivity contribution >= 4 is 17.5 Å². The highest BCUT2D eigenvalue weighted by molar-refractivity contribution is 6.23. The Kier molecular flexibility index (Phi) is 2.65. The molecule has 108 valence electrons. The molecular weight excluding hydrogens is 270 g/mol. The zero-order valence-corrected chi connectivity index (χ0v) is 11.6. The van der Waals surface area contributed by atoms with Crippen LogP contribution >= 0.6 is 0 Å². The second kappa shape index (κ2) is 4.43. The lowest BCUT2D eigenvalue weighted by Crippen LogP contribution is -2.34. The van der Waals surface area contributed by atoms with Crippen LogP contribution in [0.15, 0.2) is 36.4 Å². The van der Waals surface area contributed by atoms with Gasteiger partial charge in [0.05, 0.1) is 36.3 Å². The van der Waals surface area contributed by atoms with Crippen LogP contribution in [-0.2, 0) is 14.3 Å². The molecule has 21 heavy (non-hydrogen) atoms. The Balaban J connectivity index is 1.75. The van der Waals surface area contributed by atoms with Crippen molar-refractivity contribution in [3.63, 3.8) is 0 Å². The van der Waals surface area contributed by atoms with E-state index in [0.29, 0.717) is 18.0 Å². The van der Waals surface area contributed by atoms with Crippen LogP contribution < -0.4 is 9.64 Å². The van der Waals surface area contributed by atoms with Gasteiger partial charge in [0.25, 0.3) is 0 Å². The number of benzene rings is 1. The predicted octanol–water partition coefficient (Wildman–Crippen LogP) is 1.53. The first-order valence-corrected chi connectivity index (χ1v) is 7.16. The van der Waals surface area contributed by atoms with Gasteiger partial charge in [0.2, 0.25) is 11.8 Å². The smallest absolute Gasteiger partial charge is 0.240 e. The van der Waals surface area contributed by atoms with E-state index in [4.69, 9.17) is 9.47 Å². The van der Waals surface area contributed by atoms with Crippen LogP contribution in [0.5, 0.6) is 5.75 Å². The van der Waals surface area contributed by atoms with E-state index >= 15 is 0 Å². The van der Waals surface area contributed by atoms with Crippen molar-refractivity contribution in [3.05, 3.63) is 36.4 Å². The average molecular weight is 285 g/mol. The second-order valence-corrected chi connectivity index (χ2v) is 5.41. The molecular formula is C16H15NO4. The molecule has 1 aromatic carbocycles. The first kappa shape index (κ1) is 12.6. The molecule has 4 unspecified atom stereocenters. The lowest BCUT2D eigenvalue weighted by atomic mass is 9.85. The monoisotopic (exact) mass is 285 g/mol. The van der Waals surface area contributed by atoms with Crippen molar-refractivity contribution in [1.29, 1.82) is 0 Å². The Morgan fingerprint density at radius 1 is 1.10 bits per heavy atom. The molecule has 3 heterocycles. The minimum atomic E-state index is -0.387. The van der Waals surface area contributed by atoms with Gasteiger partial charge >= 0.3 is 0 Å². The zero-order valence-electron chi connectivity index (χ0n) is 11.6. The maximum absolute atomic E-state index is 12.7. The van der Waals surface area contributed by atoms with Crippen LogP contribution in [0.4, 0.5) is 5.69 Å². The number of amides is 2. The Hall–Kier alpha value is -2.14. The van der Waals surface area contributed by atoms with Crippen molar-refractivity contribution < 1.29 is 19.1 Å². The number of anilines is 1. The fraction of sp³-hybridized carbons (Fsp3) is 0.375. The SMILES string of the molecule is CCOc1ccccc1N1C(=O)C2C3C=CC(O3)C2C1=O. The number of ether oxygens (including phenoxy) is 2. The third kappa shape index (κ3) is 1.61. The van der Waals surface area contributed by atoms with Crippen LogP contribution in [0.2, 0.25) is 0 Å². The summed E-state index contributed by atoms with van der Waals surface area (Å²) in [6, 6.07) is 7.15. The number of rotatable bonds is 3. The molecule has 0 saturated carbocycles. The molecule has 0 N–H and O–H groups in total. The Morgan fingerprint density at radius 3 is 2.33 bits per heavy atom. The van der Waals surface area contributed by atoms with E-state index in [1.165, 1.54) is 4.90 Å². The van der Waals surface area contributed by atoms with Gasteiger partial charge in [-0.2, -0.15) is 0 Å². The van der Waals surface area contributed by atoms with Gasteiger partial charge in [-0.05, 0) is 19.1 Å². The quantitative estimate of drug-likeness (QED) is 0.624. The summed E-state index contributed by atoms with van der Waals surface area (Å²) in [7, 11) is 0. The molecule has 0 radical (unpaired) electrons. The van der Waals surface area contributed by atoms with Crippen LogP contribution in [0.1, 0.15) is 6.92 Å². The molecule has 5 nitrogen and oxygen atoms in total. The van der Waals surface area contributed by atoms with E-state index in [9.17, 15) is 9.59 Å². The maximum atomic E-state index is 12.7. The Labute approximate surface area is 122 Å². The number of fused-ring (bicyclic) bond motifs is 5. The van der Waals surface area contributed by atoms with E-state index in [0.717, 1.165) is 0 Å². The molecule has 0 spiro atoms. The summed E-state index contributed by atoms with van der Waals surface area (Å²) >= 11 is 0. The summed E-state index contributed by atoms with van der Waals surface area (Å²) in [6.45, 7) is 2.35. The molecule has 3 aliphatic rings. The van der Waals surface area contributed by atoms with E-state index in [-0.39, 0.29) is 35.9 Å². The molecule has 4 rings (SSSR count). The number of hydrogen-bond acceptors (Lipinski definition) is 4. The van der Waals surface area contributed by atoms with E-state index in [1.807, 2.05) is 25.1 Å². The molecule has 1 aromatic rings. The molecule has 2 amide bonds. The Morgan fingerprint density at radius 2 is 1.71 bits per heavy atom. The summed E-state index contributed by atoms with van der Waals surface area (Å²) < 4.78 is 11.2. The summed E-state index contributed by atoms with van der Waals surface area (Å²) in [5.74, 6) is -0.588. The summed E-state index contributed by atoms with van der Waals surface area (Å²) in [4.78, 5) is 26.6. The third-order valence-corrected chi connectivity index (χ3v) is 4.32. The molecule has 4 atom stereocenters. The van der Waals surface area contributed by atoms with Crippen molar-refractivity contribution in [1.82, 2.24) is 0 Å². The Bertz CT molecular complexity index is 623. The van der Waals surface area contributed by atoms with E-state index in [2.05, 4.69) is 0 Å². The highest BCUT2D eigenvalue weighted by Gasteiger charge is 2.61. The average Bonchev–Trinajstić information content (AvgIpc) is 3.15. The minimum absolute atomic E-state index is 0.186. The molecule has 0 aliphatic carbocycles. The minimum Gasteiger partial charge on any atom is -0.492 e. The number of carbonyl (C=O) groups is 2. The van der Waals surface area contributed by atoms with E-state index in [1.54, 1.807) is 18.2 Å². The van der Waals surface area contributed by atoms with Crippen LogP contribution in [0, 0.1) is 11.8 Å². The summed E-state index contributed by atoms with van der Waals surface area (Å²) in [6.07, 6.45) is 3.24. The maximum Gasteiger partial charge on any atom is 0.240 e. The number of carbonyl (C=O) groups excluding carboxylic acids is 2. The van der Waals surface area contributed by atoms with Gasteiger partial charge in [-0.3, -0.25) is 9.59 Å². The number of para-hydroxylation sites is 2. The highest BCUT2D eigenvalue weighted by atomic mass is 16.5. The van der Waals surface area contributed by atoms with Gasteiger partial charge in [-0.15, -0.1) is 0 Å². The molecule has 0 aromatic heterocycles. The standard InChI is InChI=1S/C16H15NO4/c1-2-20-10-6-4-3-5-9(10)17-15(18)13-11-7-8-12(21-11)14(13)16(17)19/h3-8,11-14H,2H2,1H3. The number of nitrogens with zero attached hydrogens (tertiary/aromatic N) is 1. The topological polar surface area (TPSA) is 55.8 Å². The fourth-order valence-electron chi connectivity index (χ4n) is 3.46. The number of hydrogen-bond donors (Lipinski definition) is 0. The van der Waals surface area contributed by atoms with Crippen molar-refractivity contribution in [2.45, 2.75) is 19.1 Å². The first-order valence-electron chi connectivity index (χ1n) is 7.16. The van der Waals surface area contributed by atoms with Crippen LogP contribution in [-0.4, -0.2) is 30.6 Å². The van der Waals surface area contributed by atoms with Gasteiger partial charge in [0.1, 0.15) is 5.75 Å². The molecule has 3 aliphatic heterocycles. The highest BCUT2D eigenvalue weighted by Crippen LogP contribution is 2.47. The second-order valence-electron chi connectivity index (χ2n) is 5.41. The zero-order chi connectivity index (χ0) is 14.6. The largest absolute Gasteiger partial charge is 0.492 e. The summed E-state index contributed by atoms with van der Waals surface area (Å²) in [5.41, 5.74) is 0.531. The van der Waals surface area contributed by atoms with Crippen LogP contribution in [0.25, 0.3) is 0 Å². The van der Waals surface area contributed by atoms with Gasteiger partial charge in [-0.25, -0.2) is 4.90 Å². The normalized spacial score (nSPS) is 32.9. The van der Waals surface area contributed by atoms with Crippen molar-refractivity contribution in [2.75, 3.05) is 11.5 Å². The third-order valence-electron chi connectivity index (χ3n) is 4.32. The molecule has 2 saturated heterocycles. The molecule has 5 heteroatoms. The van der Waals surface area contributed by atoms with Crippen LogP contribution in [0.3, 0.4) is 0 Å². The fourth-order valence-corrected chi connectivity index (χ4v) is 3.46. The first-order chi connectivity index (χ1) is 10.2. The van der Waals surface area contributed by atoms with Crippen molar-refractivity contribution in [3.8, 4) is 5.75 Å². The molecule has 2 bridgehead atoms. The lowest BCUT2D eigenvalue weighted by Gasteiger charge is -2.20. The van der Waals surface area contributed by atoms with Gasteiger partial charge in [0.15, 0.2) is 0 Å². The van der Waals surface area contributed by atoms with Gasteiger partial charge < -0.3 is 9.47 Å². The van der Waals surface area contributed by atoms with Gasteiger partial charge in [-0.1, -0.05) is 24.3 Å². The van der Waals surface area contributed by atoms with Crippen molar-refractivity contribution in [2.24, 2.45) is 11.8 Å².